The highest BCUT2D eigenvalue weighted by Gasteiger charge is 2.55. The van der Waals surface area contributed by atoms with Crippen molar-refractivity contribution in [2.75, 3.05) is 31.1 Å². The van der Waals surface area contributed by atoms with E-state index in [0.717, 1.165) is 25.2 Å². The van der Waals surface area contributed by atoms with Crippen LogP contribution in [0.3, 0.4) is 0 Å². The highest BCUT2D eigenvalue weighted by Crippen LogP contribution is 2.43. The Morgan fingerprint density at radius 3 is 2.61 bits per heavy atom. The van der Waals surface area contributed by atoms with Gasteiger partial charge in [-0.1, -0.05) is 6.07 Å². The number of carbonyl (C=O) groups is 1. The summed E-state index contributed by atoms with van der Waals surface area (Å²) in [4.78, 5) is 16.8. The minimum absolute atomic E-state index is 0. The van der Waals surface area contributed by atoms with Gasteiger partial charge in [-0.3, -0.25) is 9.80 Å². The molecule has 4 heterocycles. The van der Waals surface area contributed by atoms with E-state index >= 15 is 0 Å². The number of carbonyl (C=O) groups excluding carboxylic acids is 1. The summed E-state index contributed by atoms with van der Waals surface area (Å²) in [6, 6.07) is 6.52. The number of hydrogen-bond acceptors (Lipinski definition) is 3. The SMILES string of the molecule is Cl.O=C1O[C@]2(CN3CCC2CC3)CN1c1ccc2c(c1)CCC2. The number of rotatable bonds is 1. The summed E-state index contributed by atoms with van der Waals surface area (Å²) in [7, 11) is 0. The first-order valence-electron chi connectivity index (χ1n) is 8.58. The lowest BCUT2D eigenvalue weighted by Gasteiger charge is -2.49. The van der Waals surface area contributed by atoms with Crippen LogP contribution in [0.25, 0.3) is 0 Å². The summed E-state index contributed by atoms with van der Waals surface area (Å²) in [6.07, 6.45) is 5.77. The van der Waals surface area contributed by atoms with Crippen LogP contribution in [0, 0.1) is 5.92 Å². The van der Waals surface area contributed by atoms with E-state index in [9.17, 15) is 4.79 Å². The van der Waals surface area contributed by atoms with Crippen LogP contribution in [-0.4, -0.2) is 42.8 Å². The van der Waals surface area contributed by atoms with Gasteiger partial charge in [0.15, 0.2) is 0 Å². The van der Waals surface area contributed by atoms with Crippen LogP contribution in [0.2, 0.25) is 0 Å². The molecule has 124 valence electrons. The fourth-order valence-corrected chi connectivity index (χ4v) is 4.94. The summed E-state index contributed by atoms with van der Waals surface area (Å²) in [5.74, 6) is 0.542. The maximum absolute atomic E-state index is 12.5. The van der Waals surface area contributed by atoms with Gasteiger partial charge in [-0.25, -0.2) is 4.79 Å². The maximum atomic E-state index is 12.5. The lowest BCUT2D eigenvalue weighted by molar-refractivity contribution is -0.0881. The van der Waals surface area contributed by atoms with Gasteiger partial charge in [0, 0.05) is 18.2 Å². The number of ether oxygens (including phenoxy) is 1. The van der Waals surface area contributed by atoms with Gasteiger partial charge < -0.3 is 4.74 Å². The maximum Gasteiger partial charge on any atom is 0.415 e. The van der Waals surface area contributed by atoms with E-state index in [1.165, 1.54) is 49.9 Å². The Hall–Kier alpha value is -1.26. The first kappa shape index (κ1) is 15.3. The average molecular weight is 335 g/mol. The van der Waals surface area contributed by atoms with Crippen molar-refractivity contribution in [3.8, 4) is 0 Å². The van der Waals surface area contributed by atoms with Gasteiger partial charge in [0.2, 0.25) is 0 Å². The van der Waals surface area contributed by atoms with Crippen LogP contribution in [0.1, 0.15) is 30.4 Å². The Balaban J connectivity index is 0.00000135. The molecule has 4 nitrogen and oxygen atoms in total. The molecule has 5 heteroatoms. The van der Waals surface area contributed by atoms with E-state index < -0.39 is 0 Å². The lowest BCUT2D eigenvalue weighted by atomic mass is 9.75. The second-order valence-electron chi connectivity index (χ2n) is 7.38. The minimum Gasteiger partial charge on any atom is -0.439 e. The van der Waals surface area contributed by atoms with Crippen molar-refractivity contribution in [3.05, 3.63) is 29.3 Å². The smallest absolute Gasteiger partial charge is 0.415 e. The van der Waals surface area contributed by atoms with Gasteiger partial charge in [0.05, 0.1) is 6.54 Å². The zero-order valence-electron chi connectivity index (χ0n) is 13.3. The Labute approximate surface area is 143 Å². The summed E-state index contributed by atoms with van der Waals surface area (Å²) >= 11 is 0. The molecule has 1 aromatic carbocycles. The van der Waals surface area contributed by atoms with E-state index in [1.807, 2.05) is 4.90 Å². The normalized spacial score (nSPS) is 34.4. The number of piperidine rings is 3. The monoisotopic (exact) mass is 334 g/mol. The number of fused-ring (bicyclic) bond motifs is 3. The summed E-state index contributed by atoms with van der Waals surface area (Å²) in [5.41, 5.74) is 3.64. The second-order valence-corrected chi connectivity index (χ2v) is 7.38. The molecule has 0 radical (unpaired) electrons. The van der Waals surface area contributed by atoms with Crippen molar-refractivity contribution in [1.82, 2.24) is 4.90 Å². The first-order chi connectivity index (χ1) is 10.7. The number of amides is 1. The van der Waals surface area contributed by atoms with Crippen LogP contribution in [0.5, 0.6) is 0 Å². The highest BCUT2D eigenvalue weighted by atomic mass is 35.5. The van der Waals surface area contributed by atoms with E-state index in [2.05, 4.69) is 23.1 Å². The molecule has 5 aliphatic rings. The number of halogens is 1. The largest absolute Gasteiger partial charge is 0.439 e. The Kier molecular flexibility index (Phi) is 3.58. The molecule has 1 amide bonds. The molecule has 0 saturated carbocycles. The van der Waals surface area contributed by atoms with Crippen LogP contribution in [0.15, 0.2) is 18.2 Å². The third-order valence-corrected chi connectivity index (χ3v) is 6.15. The van der Waals surface area contributed by atoms with Gasteiger partial charge in [0.1, 0.15) is 5.60 Å². The van der Waals surface area contributed by atoms with E-state index in [1.54, 1.807) is 0 Å². The molecule has 4 aliphatic heterocycles. The van der Waals surface area contributed by atoms with Crippen molar-refractivity contribution < 1.29 is 9.53 Å². The molecule has 0 aromatic heterocycles. The molecule has 1 aromatic rings. The molecule has 1 aliphatic carbocycles. The molecule has 4 saturated heterocycles. The topological polar surface area (TPSA) is 32.8 Å². The van der Waals surface area contributed by atoms with Crippen LogP contribution < -0.4 is 4.90 Å². The van der Waals surface area contributed by atoms with Crippen LogP contribution in [-0.2, 0) is 17.6 Å². The van der Waals surface area contributed by atoms with Crippen molar-refractivity contribution in [2.45, 2.75) is 37.7 Å². The van der Waals surface area contributed by atoms with Gasteiger partial charge in [-0.05, 0) is 68.5 Å². The summed E-state index contributed by atoms with van der Waals surface area (Å²) in [6.45, 7) is 3.99. The fourth-order valence-electron chi connectivity index (χ4n) is 4.94. The summed E-state index contributed by atoms with van der Waals surface area (Å²) in [5, 5.41) is 0. The average Bonchev–Trinajstić information content (AvgIpc) is 3.12. The fraction of sp³-hybridized carbons (Fsp3) is 0.611. The van der Waals surface area contributed by atoms with Crippen molar-refractivity contribution in [2.24, 2.45) is 5.92 Å². The highest BCUT2D eigenvalue weighted by molar-refractivity contribution is 5.90. The molecule has 0 N–H and O–H groups in total. The van der Waals surface area contributed by atoms with Gasteiger partial charge in [0.25, 0.3) is 0 Å². The Bertz CT molecular complexity index is 642. The van der Waals surface area contributed by atoms with E-state index in [4.69, 9.17) is 4.74 Å². The van der Waals surface area contributed by atoms with Crippen molar-refractivity contribution in [1.29, 1.82) is 0 Å². The molecular formula is C18H23ClN2O2. The molecule has 23 heavy (non-hydrogen) atoms. The molecule has 4 fully saturated rings. The second kappa shape index (κ2) is 5.38. The zero-order chi connectivity index (χ0) is 14.7. The lowest BCUT2D eigenvalue weighted by Crippen LogP contribution is -2.61. The van der Waals surface area contributed by atoms with Gasteiger partial charge in [-0.15, -0.1) is 12.4 Å². The molecule has 6 rings (SSSR count). The van der Waals surface area contributed by atoms with E-state index in [0.29, 0.717) is 5.92 Å². The van der Waals surface area contributed by atoms with Gasteiger partial charge >= 0.3 is 6.09 Å². The predicted octanol–water partition coefficient (Wildman–Crippen LogP) is 3.02. The van der Waals surface area contributed by atoms with Crippen LogP contribution in [0.4, 0.5) is 10.5 Å². The molecule has 2 bridgehead atoms. The third kappa shape index (κ3) is 2.26. The molecule has 1 spiro atoms. The molecule has 0 unspecified atom stereocenters. The Morgan fingerprint density at radius 1 is 1.09 bits per heavy atom. The number of hydrogen-bond donors (Lipinski definition) is 0. The van der Waals surface area contributed by atoms with Crippen molar-refractivity contribution >= 4 is 24.2 Å². The van der Waals surface area contributed by atoms with Crippen molar-refractivity contribution in [3.63, 3.8) is 0 Å². The molecule has 1 atom stereocenters. The summed E-state index contributed by atoms with van der Waals surface area (Å²) < 4.78 is 5.96. The quantitative estimate of drug-likeness (QED) is 0.791. The standard InChI is InChI=1S/C18H22N2O2.ClH/c21-17-20(16-5-4-13-2-1-3-14(13)10-16)12-18(22-17)11-19-8-6-15(18)7-9-19;/h4-5,10,15H,1-3,6-9,11-12H2;1H/t18-;/m1./s1. The predicted molar refractivity (Wildman–Crippen MR) is 91.4 cm³/mol. The van der Waals surface area contributed by atoms with Gasteiger partial charge in [-0.2, -0.15) is 0 Å². The third-order valence-electron chi connectivity index (χ3n) is 6.15. The minimum atomic E-state index is -0.257. The number of nitrogens with zero attached hydrogens (tertiary/aromatic N) is 2. The van der Waals surface area contributed by atoms with Crippen LogP contribution >= 0.6 is 12.4 Å². The zero-order valence-corrected chi connectivity index (χ0v) is 14.1. The number of benzene rings is 1. The Morgan fingerprint density at radius 2 is 1.87 bits per heavy atom. The molecular weight excluding hydrogens is 312 g/mol. The number of aryl methyl sites for hydroxylation is 2. The first-order valence-corrected chi connectivity index (χ1v) is 8.58. The number of anilines is 1. The van der Waals surface area contributed by atoms with E-state index in [-0.39, 0.29) is 24.1 Å².